The summed E-state index contributed by atoms with van der Waals surface area (Å²) in [4.78, 5) is 0. The molecule has 0 amide bonds. The summed E-state index contributed by atoms with van der Waals surface area (Å²) in [6, 6.07) is 0. The van der Waals surface area contributed by atoms with Gasteiger partial charge in [0.05, 0.1) is 12.2 Å². The van der Waals surface area contributed by atoms with Crippen LogP contribution in [0.5, 0.6) is 0 Å². The SMILES string of the molecule is COC1CC(=N\O)/C(=N/O)CC1OC. The number of rotatable bonds is 2. The first kappa shape index (κ1) is 10.9. The second-order valence-electron chi connectivity index (χ2n) is 3.05. The van der Waals surface area contributed by atoms with E-state index < -0.39 is 0 Å². The van der Waals surface area contributed by atoms with Crippen LogP contribution in [0, 0.1) is 0 Å². The van der Waals surface area contributed by atoms with Crippen LogP contribution in [0.2, 0.25) is 0 Å². The van der Waals surface area contributed by atoms with E-state index in [1.165, 1.54) is 0 Å². The Bertz CT molecular complexity index is 226. The van der Waals surface area contributed by atoms with Crippen molar-refractivity contribution in [1.82, 2.24) is 0 Å². The smallest absolute Gasteiger partial charge is 0.107 e. The number of hydrogen-bond acceptors (Lipinski definition) is 6. The molecule has 0 aromatic rings. The molecule has 2 N–H and O–H groups in total. The van der Waals surface area contributed by atoms with Crippen LogP contribution in [0.4, 0.5) is 0 Å². The Kier molecular flexibility index (Phi) is 3.84. The van der Waals surface area contributed by atoms with E-state index in [0.717, 1.165) is 0 Å². The zero-order valence-corrected chi connectivity index (χ0v) is 8.17. The molecule has 14 heavy (non-hydrogen) atoms. The van der Waals surface area contributed by atoms with Crippen LogP contribution in [0.1, 0.15) is 12.8 Å². The molecular weight excluding hydrogens is 188 g/mol. The predicted octanol–water partition coefficient (Wildman–Crippen LogP) is 0.471. The van der Waals surface area contributed by atoms with Crippen molar-refractivity contribution in [3.8, 4) is 0 Å². The molecule has 0 aromatic carbocycles. The third kappa shape index (κ3) is 2.02. The Morgan fingerprint density at radius 3 is 1.57 bits per heavy atom. The van der Waals surface area contributed by atoms with Crippen LogP contribution in [0.25, 0.3) is 0 Å². The predicted molar refractivity (Wildman–Crippen MR) is 49.3 cm³/mol. The largest absolute Gasteiger partial charge is 0.411 e. The van der Waals surface area contributed by atoms with Crippen molar-refractivity contribution in [2.75, 3.05) is 14.2 Å². The van der Waals surface area contributed by atoms with Crippen LogP contribution in [0.15, 0.2) is 10.3 Å². The second-order valence-corrected chi connectivity index (χ2v) is 3.05. The molecule has 6 nitrogen and oxygen atoms in total. The molecule has 1 fully saturated rings. The van der Waals surface area contributed by atoms with Crippen LogP contribution < -0.4 is 0 Å². The lowest BCUT2D eigenvalue weighted by atomic mass is 9.91. The normalized spacial score (nSPS) is 33.9. The van der Waals surface area contributed by atoms with Gasteiger partial charge in [-0.2, -0.15) is 0 Å². The molecule has 1 rings (SSSR count). The number of hydrogen-bond donors (Lipinski definition) is 2. The lowest BCUT2D eigenvalue weighted by Crippen LogP contribution is -2.42. The Hall–Kier alpha value is -1.14. The Morgan fingerprint density at radius 1 is 1.00 bits per heavy atom. The lowest BCUT2D eigenvalue weighted by Gasteiger charge is -2.29. The van der Waals surface area contributed by atoms with E-state index in [1.54, 1.807) is 14.2 Å². The van der Waals surface area contributed by atoms with Crippen molar-refractivity contribution in [1.29, 1.82) is 0 Å². The van der Waals surface area contributed by atoms with E-state index in [0.29, 0.717) is 24.3 Å². The van der Waals surface area contributed by atoms with Gasteiger partial charge >= 0.3 is 0 Å². The van der Waals surface area contributed by atoms with Crippen LogP contribution >= 0.6 is 0 Å². The molecular formula is C8H14N2O4. The standard InChI is InChI=1S/C8H14N2O4/c1-13-7-3-5(9-11)6(10-12)4-8(7)14-2/h7-8,11-12H,3-4H2,1-2H3/b9-5+,10-6+. The average Bonchev–Trinajstić information content (AvgIpc) is 2.26. The van der Waals surface area contributed by atoms with Gasteiger partial charge in [0, 0.05) is 27.1 Å². The molecule has 1 aliphatic rings. The topological polar surface area (TPSA) is 83.6 Å². The molecule has 80 valence electrons. The van der Waals surface area contributed by atoms with E-state index in [4.69, 9.17) is 19.9 Å². The van der Waals surface area contributed by atoms with Gasteiger partial charge < -0.3 is 19.9 Å². The average molecular weight is 202 g/mol. The Balaban J connectivity index is 2.80. The van der Waals surface area contributed by atoms with Gasteiger partial charge in [-0.15, -0.1) is 0 Å². The van der Waals surface area contributed by atoms with Crippen molar-refractivity contribution in [2.24, 2.45) is 10.3 Å². The third-order valence-corrected chi connectivity index (χ3v) is 2.38. The maximum absolute atomic E-state index is 8.66. The molecule has 0 aliphatic heterocycles. The number of nitrogens with zero attached hydrogens (tertiary/aromatic N) is 2. The summed E-state index contributed by atoms with van der Waals surface area (Å²) in [5.41, 5.74) is 0.681. The highest BCUT2D eigenvalue weighted by Gasteiger charge is 2.33. The first-order valence-electron chi connectivity index (χ1n) is 4.24. The molecule has 1 saturated carbocycles. The highest BCUT2D eigenvalue weighted by Crippen LogP contribution is 2.20. The van der Waals surface area contributed by atoms with Crippen molar-refractivity contribution in [3.05, 3.63) is 0 Å². The van der Waals surface area contributed by atoms with Gasteiger partial charge in [0.25, 0.3) is 0 Å². The van der Waals surface area contributed by atoms with Crippen molar-refractivity contribution in [2.45, 2.75) is 25.0 Å². The minimum Gasteiger partial charge on any atom is -0.411 e. The highest BCUT2D eigenvalue weighted by atomic mass is 16.5. The molecule has 1 aliphatic carbocycles. The van der Waals surface area contributed by atoms with E-state index in [2.05, 4.69) is 10.3 Å². The number of methoxy groups -OCH3 is 2. The first-order chi connectivity index (χ1) is 6.76. The van der Waals surface area contributed by atoms with Gasteiger partial charge in [0.2, 0.25) is 0 Å². The summed E-state index contributed by atoms with van der Waals surface area (Å²) < 4.78 is 10.3. The molecule has 2 atom stereocenters. The molecule has 2 unspecified atom stereocenters. The van der Waals surface area contributed by atoms with Gasteiger partial charge in [-0.3, -0.25) is 0 Å². The van der Waals surface area contributed by atoms with Crippen LogP contribution in [-0.4, -0.2) is 48.3 Å². The summed E-state index contributed by atoms with van der Waals surface area (Å²) in [6.45, 7) is 0. The second kappa shape index (κ2) is 4.92. The first-order valence-corrected chi connectivity index (χ1v) is 4.24. The maximum Gasteiger partial charge on any atom is 0.107 e. The van der Waals surface area contributed by atoms with Crippen molar-refractivity contribution < 1.29 is 19.9 Å². The van der Waals surface area contributed by atoms with Gasteiger partial charge in [0.1, 0.15) is 11.4 Å². The highest BCUT2D eigenvalue weighted by molar-refractivity contribution is 6.42. The third-order valence-electron chi connectivity index (χ3n) is 2.38. The van der Waals surface area contributed by atoms with E-state index in [1.807, 2.05) is 0 Å². The van der Waals surface area contributed by atoms with E-state index in [9.17, 15) is 0 Å². The zero-order chi connectivity index (χ0) is 10.6. The molecule has 0 spiro atoms. The van der Waals surface area contributed by atoms with Gasteiger partial charge in [-0.25, -0.2) is 0 Å². The minimum absolute atomic E-state index is 0.170. The molecule has 0 heterocycles. The summed E-state index contributed by atoms with van der Waals surface area (Å²) in [5, 5.41) is 23.4. The van der Waals surface area contributed by atoms with Gasteiger partial charge in [-0.05, 0) is 0 Å². The van der Waals surface area contributed by atoms with Gasteiger partial charge in [-0.1, -0.05) is 10.3 Å². The molecule has 6 heteroatoms. The quantitative estimate of drug-likeness (QED) is 0.503. The monoisotopic (exact) mass is 202 g/mol. The summed E-state index contributed by atoms with van der Waals surface area (Å²) in [7, 11) is 3.12. The van der Waals surface area contributed by atoms with E-state index >= 15 is 0 Å². The lowest BCUT2D eigenvalue weighted by molar-refractivity contribution is -0.0307. The summed E-state index contributed by atoms with van der Waals surface area (Å²) >= 11 is 0. The molecule has 0 bridgehead atoms. The Labute approximate surface area is 81.8 Å². The fourth-order valence-electron chi connectivity index (χ4n) is 1.55. The fourth-order valence-corrected chi connectivity index (χ4v) is 1.55. The molecule has 0 saturated heterocycles. The zero-order valence-electron chi connectivity index (χ0n) is 8.17. The molecule has 0 radical (unpaired) electrons. The fraction of sp³-hybridized carbons (Fsp3) is 0.750. The van der Waals surface area contributed by atoms with Crippen molar-refractivity contribution in [3.63, 3.8) is 0 Å². The summed E-state index contributed by atoms with van der Waals surface area (Å²) in [5.74, 6) is 0. The maximum atomic E-state index is 8.66. The van der Waals surface area contributed by atoms with Crippen LogP contribution in [0.3, 0.4) is 0 Å². The minimum atomic E-state index is -0.170. The summed E-state index contributed by atoms with van der Waals surface area (Å²) in [6.07, 6.45) is 0.420. The molecule has 0 aromatic heterocycles. The Morgan fingerprint density at radius 2 is 1.36 bits per heavy atom. The van der Waals surface area contributed by atoms with Crippen molar-refractivity contribution >= 4 is 11.4 Å². The van der Waals surface area contributed by atoms with E-state index in [-0.39, 0.29) is 12.2 Å². The number of ether oxygens (including phenoxy) is 2. The van der Waals surface area contributed by atoms with Gasteiger partial charge in [0.15, 0.2) is 0 Å². The number of oxime groups is 2. The van der Waals surface area contributed by atoms with Crippen LogP contribution in [-0.2, 0) is 9.47 Å².